The fourth-order valence-electron chi connectivity index (χ4n) is 3.23. The van der Waals surface area contributed by atoms with Gasteiger partial charge in [0.25, 0.3) is 5.91 Å². The molecule has 0 unspecified atom stereocenters. The van der Waals surface area contributed by atoms with E-state index in [-0.39, 0.29) is 5.91 Å². The number of nitrogens with zero attached hydrogens (tertiary/aromatic N) is 2. The molecule has 1 aromatic carbocycles. The standard InChI is InChI=1S/C18H23N3O/c1-21-17(14-9-5-4-6-10-14)16(13-19-21)18(22)20-15-11-7-2-3-8-12-15/h4-6,9-10,13,15H,2-3,7-8,11-12H2,1H3,(H,20,22). The first-order valence-electron chi connectivity index (χ1n) is 8.14. The van der Waals surface area contributed by atoms with Gasteiger partial charge in [-0.25, -0.2) is 0 Å². The van der Waals surface area contributed by atoms with Crippen molar-refractivity contribution < 1.29 is 4.79 Å². The molecule has 0 aliphatic heterocycles. The maximum Gasteiger partial charge on any atom is 0.255 e. The van der Waals surface area contributed by atoms with Crippen LogP contribution in [-0.2, 0) is 7.05 Å². The summed E-state index contributed by atoms with van der Waals surface area (Å²) in [6.45, 7) is 0. The lowest BCUT2D eigenvalue weighted by Gasteiger charge is -2.16. The number of rotatable bonds is 3. The third-order valence-electron chi connectivity index (χ3n) is 4.42. The Labute approximate surface area is 131 Å². The molecular formula is C18H23N3O. The van der Waals surface area contributed by atoms with Gasteiger partial charge in [0.15, 0.2) is 0 Å². The summed E-state index contributed by atoms with van der Waals surface area (Å²) >= 11 is 0. The molecule has 116 valence electrons. The van der Waals surface area contributed by atoms with Crippen LogP contribution in [0, 0.1) is 0 Å². The second-order valence-electron chi connectivity index (χ2n) is 6.06. The van der Waals surface area contributed by atoms with Crippen molar-refractivity contribution >= 4 is 5.91 Å². The number of carbonyl (C=O) groups is 1. The van der Waals surface area contributed by atoms with Gasteiger partial charge >= 0.3 is 0 Å². The van der Waals surface area contributed by atoms with Gasteiger partial charge in [-0.05, 0) is 12.8 Å². The monoisotopic (exact) mass is 297 g/mol. The van der Waals surface area contributed by atoms with E-state index in [0.29, 0.717) is 11.6 Å². The predicted molar refractivity (Wildman–Crippen MR) is 87.6 cm³/mol. The molecular weight excluding hydrogens is 274 g/mol. The molecule has 1 amide bonds. The quantitative estimate of drug-likeness (QED) is 0.881. The Balaban J connectivity index is 1.81. The van der Waals surface area contributed by atoms with Crippen LogP contribution in [0.4, 0.5) is 0 Å². The first-order valence-corrected chi connectivity index (χ1v) is 8.14. The van der Waals surface area contributed by atoms with Crippen LogP contribution in [0.5, 0.6) is 0 Å². The molecule has 1 aliphatic rings. The Morgan fingerprint density at radius 2 is 1.82 bits per heavy atom. The summed E-state index contributed by atoms with van der Waals surface area (Å²) in [7, 11) is 1.88. The zero-order chi connectivity index (χ0) is 15.4. The number of hydrogen-bond acceptors (Lipinski definition) is 2. The fourth-order valence-corrected chi connectivity index (χ4v) is 3.23. The molecule has 0 radical (unpaired) electrons. The summed E-state index contributed by atoms with van der Waals surface area (Å²) in [6, 6.07) is 10.3. The molecule has 2 aromatic rings. The lowest BCUT2D eigenvalue weighted by atomic mass is 10.1. The number of aryl methyl sites for hydroxylation is 1. The van der Waals surface area contributed by atoms with E-state index in [1.807, 2.05) is 37.4 Å². The van der Waals surface area contributed by atoms with E-state index in [0.717, 1.165) is 24.1 Å². The van der Waals surface area contributed by atoms with Crippen LogP contribution < -0.4 is 5.32 Å². The molecule has 1 aliphatic carbocycles. The molecule has 1 fully saturated rings. The molecule has 3 rings (SSSR count). The van der Waals surface area contributed by atoms with Gasteiger partial charge in [0.05, 0.1) is 17.5 Å². The smallest absolute Gasteiger partial charge is 0.255 e. The number of hydrogen-bond donors (Lipinski definition) is 1. The van der Waals surface area contributed by atoms with Crippen LogP contribution in [0.15, 0.2) is 36.5 Å². The molecule has 1 aromatic heterocycles. The van der Waals surface area contributed by atoms with E-state index in [2.05, 4.69) is 10.4 Å². The number of nitrogens with one attached hydrogen (secondary N) is 1. The highest BCUT2D eigenvalue weighted by Gasteiger charge is 2.21. The third kappa shape index (κ3) is 3.21. The molecule has 0 atom stereocenters. The lowest BCUT2D eigenvalue weighted by molar-refractivity contribution is 0.0934. The highest BCUT2D eigenvalue weighted by atomic mass is 16.1. The number of benzene rings is 1. The predicted octanol–water partition coefficient (Wildman–Crippen LogP) is 3.54. The van der Waals surface area contributed by atoms with Crippen molar-refractivity contribution in [1.29, 1.82) is 0 Å². The van der Waals surface area contributed by atoms with E-state index < -0.39 is 0 Å². The van der Waals surface area contributed by atoms with Gasteiger partial charge in [0, 0.05) is 18.7 Å². The minimum absolute atomic E-state index is 0.00106. The van der Waals surface area contributed by atoms with Gasteiger partial charge < -0.3 is 5.32 Å². The van der Waals surface area contributed by atoms with Gasteiger partial charge in [0.2, 0.25) is 0 Å². The van der Waals surface area contributed by atoms with Gasteiger partial charge in [-0.2, -0.15) is 5.10 Å². The molecule has 4 heteroatoms. The zero-order valence-electron chi connectivity index (χ0n) is 13.1. The van der Waals surface area contributed by atoms with Crippen molar-refractivity contribution in [3.63, 3.8) is 0 Å². The number of aromatic nitrogens is 2. The highest BCUT2D eigenvalue weighted by molar-refractivity contribution is 6.00. The number of amides is 1. The van der Waals surface area contributed by atoms with Crippen LogP contribution in [0.1, 0.15) is 48.9 Å². The summed E-state index contributed by atoms with van der Waals surface area (Å²) < 4.78 is 1.78. The van der Waals surface area contributed by atoms with E-state index in [1.165, 1.54) is 25.7 Å². The molecule has 4 nitrogen and oxygen atoms in total. The number of carbonyl (C=O) groups excluding carboxylic acids is 1. The Kier molecular flexibility index (Phi) is 4.56. The summed E-state index contributed by atoms with van der Waals surface area (Å²) in [6.07, 6.45) is 8.85. The molecule has 1 heterocycles. The topological polar surface area (TPSA) is 46.9 Å². The summed E-state index contributed by atoms with van der Waals surface area (Å²) in [5.41, 5.74) is 2.57. The Morgan fingerprint density at radius 3 is 2.50 bits per heavy atom. The first kappa shape index (κ1) is 14.8. The minimum Gasteiger partial charge on any atom is -0.349 e. The normalized spacial score (nSPS) is 16.2. The van der Waals surface area contributed by atoms with Gasteiger partial charge in [-0.3, -0.25) is 9.48 Å². The van der Waals surface area contributed by atoms with Crippen molar-refractivity contribution in [2.45, 2.75) is 44.6 Å². The minimum atomic E-state index is -0.00106. The second kappa shape index (κ2) is 6.77. The van der Waals surface area contributed by atoms with Crippen LogP contribution in [0.2, 0.25) is 0 Å². The second-order valence-corrected chi connectivity index (χ2v) is 6.06. The maximum absolute atomic E-state index is 12.7. The molecule has 0 spiro atoms. The van der Waals surface area contributed by atoms with E-state index in [4.69, 9.17) is 0 Å². The summed E-state index contributed by atoms with van der Waals surface area (Å²) in [4.78, 5) is 12.7. The van der Waals surface area contributed by atoms with E-state index in [9.17, 15) is 4.79 Å². The van der Waals surface area contributed by atoms with Crippen molar-refractivity contribution in [1.82, 2.24) is 15.1 Å². The van der Waals surface area contributed by atoms with Crippen LogP contribution in [-0.4, -0.2) is 21.7 Å². The van der Waals surface area contributed by atoms with Crippen molar-refractivity contribution in [3.8, 4) is 11.3 Å². The van der Waals surface area contributed by atoms with E-state index >= 15 is 0 Å². The fraction of sp³-hybridized carbons (Fsp3) is 0.444. The van der Waals surface area contributed by atoms with Crippen LogP contribution in [0.25, 0.3) is 11.3 Å². The van der Waals surface area contributed by atoms with Crippen molar-refractivity contribution in [3.05, 3.63) is 42.1 Å². The largest absolute Gasteiger partial charge is 0.349 e. The summed E-state index contributed by atoms with van der Waals surface area (Å²) in [5, 5.41) is 7.49. The van der Waals surface area contributed by atoms with Gasteiger partial charge in [0.1, 0.15) is 0 Å². The Morgan fingerprint density at radius 1 is 1.14 bits per heavy atom. The van der Waals surface area contributed by atoms with Gasteiger partial charge in [-0.1, -0.05) is 56.0 Å². The van der Waals surface area contributed by atoms with Crippen LogP contribution >= 0.6 is 0 Å². The van der Waals surface area contributed by atoms with E-state index in [1.54, 1.807) is 10.9 Å². The molecule has 22 heavy (non-hydrogen) atoms. The SMILES string of the molecule is Cn1ncc(C(=O)NC2CCCCCC2)c1-c1ccccc1. The maximum atomic E-state index is 12.7. The molecule has 0 saturated heterocycles. The molecule has 0 bridgehead atoms. The highest BCUT2D eigenvalue weighted by Crippen LogP contribution is 2.24. The summed E-state index contributed by atoms with van der Waals surface area (Å²) in [5.74, 6) is -0.00106. The average molecular weight is 297 g/mol. The van der Waals surface area contributed by atoms with Gasteiger partial charge in [-0.15, -0.1) is 0 Å². The first-order chi connectivity index (χ1) is 10.8. The van der Waals surface area contributed by atoms with Crippen LogP contribution in [0.3, 0.4) is 0 Å². The molecule has 1 N–H and O–H groups in total. The molecule has 1 saturated carbocycles. The zero-order valence-corrected chi connectivity index (χ0v) is 13.1. The van der Waals surface area contributed by atoms with Crippen molar-refractivity contribution in [2.75, 3.05) is 0 Å². The average Bonchev–Trinajstić information content (AvgIpc) is 2.75. The Hall–Kier alpha value is -2.10. The third-order valence-corrected chi connectivity index (χ3v) is 4.42. The van der Waals surface area contributed by atoms with Crippen molar-refractivity contribution in [2.24, 2.45) is 7.05 Å². The lowest BCUT2D eigenvalue weighted by Crippen LogP contribution is -2.34. The Bertz CT molecular complexity index is 625.